The van der Waals surface area contributed by atoms with Crippen LogP contribution in [0.3, 0.4) is 0 Å². The molecule has 1 aliphatic heterocycles. The van der Waals surface area contributed by atoms with Gasteiger partial charge in [0.05, 0.1) is 31.0 Å². The van der Waals surface area contributed by atoms with E-state index in [0.29, 0.717) is 41.6 Å². The van der Waals surface area contributed by atoms with Gasteiger partial charge < -0.3 is 23.9 Å². The number of hydrogen-bond acceptors (Lipinski definition) is 6. The zero-order chi connectivity index (χ0) is 27.9. The van der Waals surface area contributed by atoms with Gasteiger partial charge in [-0.3, -0.25) is 9.59 Å². The third-order valence-electron chi connectivity index (χ3n) is 6.78. The van der Waals surface area contributed by atoms with Crippen molar-refractivity contribution in [1.29, 1.82) is 0 Å². The lowest BCUT2D eigenvalue weighted by atomic mass is 9.95. The monoisotopic (exact) mass is 537 g/mol. The average molecular weight is 538 g/mol. The summed E-state index contributed by atoms with van der Waals surface area (Å²) >= 11 is 0. The molecule has 1 aliphatic rings. The van der Waals surface area contributed by atoms with Crippen LogP contribution in [0.15, 0.2) is 107 Å². The van der Waals surface area contributed by atoms with Crippen LogP contribution in [-0.4, -0.2) is 28.3 Å². The molecule has 40 heavy (non-hydrogen) atoms. The second-order valence-corrected chi connectivity index (χ2v) is 9.58. The van der Waals surface area contributed by atoms with Gasteiger partial charge in [-0.1, -0.05) is 55.8 Å². The average Bonchev–Trinajstić information content (AvgIpc) is 3.59. The summed E-state index contributed by atoms with van der Waals surface area (Å²) in [4.78, 5) is 28.0. The summed E-state index contributed by atoms with van der Waals surface area (Å²) < 4.78 is 17.1. The molecule has 5 rings (SSSR count). The quantitative estimate of drug-likeness (QED) is 0.0996. The fourth-order valence-electron chi connectivity index (χ4n) is 4.65. The maximum Gasteiger partial charge on any atom is 0.296 e. The Bertz CT molecular complexity index is 1460. The molecule has 0 bridgehead atoms. The number of benzene rings is 3. The number of nitrogens with zero attached hydrogens (tertiary/aromatic N) is 1. The van der Waals surface area contributed by atoms with E-state index in [4.69, 9.17) is 13.9 Å². The smallest absolute Gasteiger partial charge is 0.296 e. The molecule has 0 saturated carbocycles. The van der Waals surface area contributed by atoms with Gasteiger partial charge in [0.25, 0.3) is 11.7 Å². The lowest BCUT2D eigenvalue weighted by molar-refractivity contribution is -0.140. The minimum Gasteiger partial charge on any atom is -0.507 e. The van der Waals surface area contributed by atoms with Crippen LogP contribution >= 0.6 is 0 Å². The highest BCUT2D eigenvalue weighted by Crippen LogP contribution is 2.41. The first kappa shape index (κ1) is 26.8. The lowest BCUT2D eigenvalue weighted by Gasteiger charge is -2.24. The van der Waals surface area contributed by atoms with Gasteiger partial charge in [0.1, 0.15) is 29.6 Å². The second kappa shape index (κ2) is 12.4. The van der Waals surface area contributed by atoms with E-state index in [1.165, 1.54) is 11.2 Å². The molecule has 1 N–H and O–H groups in total. The van der Waals surface area contributed by atoms with E-state index in [2.05, 4.69) is 6.92 Å². The van der Waals surface area contributed by atoms with Crippen molar-refractivity contribution in [3.05, 3.63) is 125 Å². The van der Waals surface area contributed by atoms with Crippen LogP contribution in [0.5, 0.6) is 11.5 Å². The lowest BCUT2D eigenvalue weighted by Crippen LogP contribution is -2.29. The van der Waals surface area contributed by atoms with Crippen molar-refractivity contribution in [2.24, 2.45) is 0 Å². The van der Waals surface area contributed by atoms with E-state index >= 15 is 0 Å². The number of Topliss-reactive ketones (excluding diaryl/α,β-unsaturated/α-hetero) is 1. The molecular weight excluding hydrogens is 506 g/mol. The molecule has 1 amide bonds. The highest BCUT2D eigenvalue weighted by molar-refractivity contribution is 6.46. The van der Waals surface area contributed by atoms with Crippen LogP contribution in [0, 0.1) is 0 Å². The molecule has 1 atom stereocenters. The van der Waals surface area contributed by atoms with Gasteiger partial charge in [-0.25, -0.2) is 0 Å². The number of furan rings is 1. The number of aliphatic hydroxyl groups is 1. The Morgan fingerprint density at radius 1 is 0.875 bits per heavy atom. The standard InChI is InChI=1S/C33H31NO6/c1-2-3-19-38-26-17-13-25(14-18-26)31(35)29-30(34(33(37)32(29)36)21-28-10-7-20-39-28)24-11-15-27(16-12-24)40-22-23-8-5-4-6-9-23/h4-18,20,30,35H,2-3,19,21-22H2,1H3/b31-29-. The summed E-state index contributed by atoms with van der Waals surface area (Å²) in [7, 11) is 0. The van der Waals surface area contributed by atoms with E-state index in [9.17, 15) is 14.7 Å². The van der Waals surface area contributed by atoms with Gasteiger partial charge in [-0.05, 0) is 66.1 Å². The van der Waals surface area contributed by atoms with Crippen molar-refractivity contribution in [3.8, 4) is 11.5 Å². The molecule has 7 nitrogen and oxygen atoms in total. The molecule has 1 aromatic heterocycles. The Morgan fingerprint density at radius 3 is 2.25 bits per heavy atom. The van der Waals surface area contributed by atoms with Gasteiger partial charge in [0, 0.05) is 5.56 Å². The molecule has 7 heteroatoms. The Morgan fingerprint density at radius 2 is 1.57 bits per heavy atom. The van der Waals surface area contributed by atoms with Crippen LogP contribution in [0.1, 0.15) is 48.3 Å². The number of likely N-dealkylation sites (tertiary alicyclic amines) is 1. The summed E-state index contributed by atoms with van der Waals surface area (Å²) in [6.45, 7) is 3.18. The Kier molecular flexibility index (Phi) is 8.30. The molecule has 3 aromatic carbocycles. The van der Waals surface area contributed by atoms with E-state index in [1.54, 1.807) is 48.5 Å². The zero-order valence-corrected chi connectivity index (χ0v) is 22.3. The molecule has 1 fully saturated rings. The number of carbonyl (C=O) groups is 2. The van der Waals surface area contributed by atoms with Crippen LogP contribution in [0.2, 0.25) is 0 Å². The van der Waals surface area contributed by atoms with Crippen molar-refractivity contribution >= 4 is 17.4 Å². The third kappa shape index (κ3) is 5.94. The SMILES string of the molecule is CCCCOc1ccc(/C(O)=C2/C(=O)C(=O)N(Cc3ccco3)C2c2ccc(OCc3ccccc3)cc2)cc1. The normalized spacial score (nSPS) is 16.3. The molecule has 0 spiro atoms. The van der Waals surface area contributed by atoms with Crippen LogP contribution in [-0.2, 0) is 22.7 Å². The number of amides is 1. The highest BCUT2D eigenvalue weighted by atomic mass is 16.5. The number of aliphatic hydroxyl groups excluding tert-OH is 1. The summed E-state index contributed by atoms with van der Waals surface area (Å²) in [5.41, 5.74) is 2.15. The second-order valence-electron chi connectivity index (χ2n) is 9.58. The number of carbonyl (C=O) groups excluding carboxylic acids is 2. The minimum atomic E-state index is -0.811. The molecule has 1 saturated heterocycles. The Balaban J connectivity index is 1.45. The predicted octanol–water partition coefficient (Wildman–Crippen LogP) is 6.66. The maximum absolute atomic E-state index is 13.3. The molecule has 4 aromatic rings. The van der Waals surface area contributed by atoms with E-state index in [-0.39, 0.29) is 17.9 Å². The van der Waals surface area contributed by atoms with Crippen LogP contribution in [0.25, 0.3) is 5.76 Å². The van der Waals surface area contributed by atoms with Crippen molar-refractivity contribution in [3.63, 3.8) is 0 Å². The van der Waals surface area contributed by atoms with Crippen LogP contribution in [0.4, 0.5) is 0 Å². The highest BCUT2D eigenvalue weighted by Gasteiger charge is 2.46. The predicted molar refractivity (Wildman–Crippen MR) is 151 cm³/mol. The molecule has 0 aliphatic carbocycles. The van der Waals surface area contributed by atoms with Crippen molar-refractivity contribution in [1.82, 2.24) is 4.90 Å². The molecule has 1 unspecified atom stereocenters. The van der Waals surface area contributed by atoms with E-state index in [0.717, 1.165) is 18.4 Å². The Labute approximate surface area is 233 Å². The maximum atomic E-state index is 13.3. The molecule has 0 radical (unpaired) electrons. The van der Waals surface area contributed by atoms with Gasteiger partial charge in [-0.15, -0.1) is 0 Å². The first-order chi connectivity index (χ1) is 19.5. The number of unbranched alkanes of at least 4 members (excludes halogenated alkanes) is 1. The van der Waals surface area contributed by atoms with Crippen molar-refractivity contribution in [2.45, 2.75) is 39.0 Å². The Hall–Kier alpha value is -4.78. The van der Waals surface area contributed by atoms with Crippen LogP contribution < -0.4 is 9.47 Å². The van der Waals surface area contributed by atoms with Gasteiger partial charge >= 0.3 is 0 Å². The largest absolute Gasteiger partial charge is 0.507 e. The number of hydrogen-bond donors (Lipinski definition) is 1. The molecule has 204 valence electrons. The van der Waals surface area contributed by atoms with E-state index < -0.39 is 17.7 Å². The van der Waals surface area contributed by atoms with Gasteiger partial charge in [-0.2, -0.15) is 0 Å². The first-order valence-corrected chi connectivity index (χ1v) is 13.4. The zero-order valence-electron chi connectivity index (χ0n) is 22.3. The summed E-state index contributed by atoms with van der Waals surface area (Å²) in [6.07, 6.45) is 3.48. The fraction of sp³-hybridized carbons (Fsp3) is 0.212. The topological polar surface area (TPSA) is 89.2 Å². The number of ether oxygens (including phenoxy) is 2. The fourth-order valence-corrected chi connectivity index (χ4v) is 4.65. The summed E-state index contributed by atoms with van der Waals surface area (Å²) in [5.74, 6) is 0.159. The van der Waals surface area contributed by atoms with Gasteiger partial charge in [0.15, 0.2) is 0 Å². The first-order valence-electron chi connectivity index (χ1n) is 13.4. The summed E-state index contributed by atoms with van der Waals surface area (Å²) in [6, 6.07) is 26.6. The summed E-state index contributed by atoms with van der Waals surface area (Å²) in [5, 5.41) is 11.3. The number of ketones is 1. The van der Waals surface area contributed by atoms with Gasteiger partial charge in [0.2, 0.25) is 0 Å². The van der Waals surface area contributed by atoms with E-state index in [1.807, 2.05) is 42.5 Å². The number of rotatable bonds is 11. The molecule has 2 heterocycles. The van der Waals surface area contributed by atoms with Crippen molar-refractivity contribution in [2.75, 3.05) is 6.61 Å². The molecular formula is C33H31NO6. The third-order valence-corrected chi connectivity index (χ3v) is 6.78. The minimum absolute atomic E-state index is 0.0224. The van der Waals surface area contributed by atoms with Crippen molar-refractivity contribution < 1.29 is 28.6 Å².